The first-order chi connectivity index (χ1) is 19.8. The molecular formula is C31H42N4O7. The molecule has 5 N–H and O–H groups in total. The molecule has 0 aliphatic carbocycles. The Bertz CT molecular complexity index is 1200. The fourth-order valence-electron chi connectivity index (χ4n) is 3.91. The van der Waals surface area contributed by atoms with Gasteiger partial charge < -0.3 is 31.2 Å². The van der Waals surface area contributed by atoms with Crippen molar-refractivity contribution in [3.63, 3.8) is 0 Å². The highest BCUT2D eigenvalue weighted by Gasteiger charge is 2.34. The van der Waals surface area contributed by atoms with Crippen molar-refractivity contribution in [2.75, 3.05) is 0 Å². The van der Waals surface area contributed by atoms with Crippen molar-refractivity contribution in [2.24, 2.45) is 11.7 Å². The molecular weight excluding hydrogens is 540 g/mol. The number of nitrogens with one attached hydrogen (secondary N) is 3. The number of benzene rings is 2. The van der Waals surface area contributed by atoms with Gasteiger partial charge in [-0.05, 0) is 37.8 Å². The Morgan fingerprint density at radius 1 is 0.810 bits per heavy atom. The van der Waals surface area contributed by atoms with Crippen LogP contribution in [0, 0.1) is 5.92 Å². The number of esters is 1. The smallest absolute Gasteiger partial charge is 0.408 e. The van der Waals surface area contributed by atoms with E-state index in [0.29, 0.717) is 6.42 Å². The third-order valence-corrected chi connectivity index (χ3v) is 6.36. The van der Waals surface area contributed by atoms with Gasteiger partial charge in [-0.1, -0.05) is 80.9 Å². The summed E-state index contributed by atoms with van der Waals surface area (Å²) in [5.74, 6) is -3.26. The molecule has 11 heteroatoms. The fraction of sp³-hybridized carbons (Fsp3) is 0.452. The lowest BCUT2D eigenvalue weighted by molar-refractivity contribution is -0.147. The Kier molecular flexibility index (Phi) is 13.0. The van der Waals surface area contributed by atoms with E-state index in [9.17, 15) is 24.0 Å². The van der Waals surface area contributed by atoms with Crippen LogP contribution >= 0.6 is 0 Å². The number of hydrogen-bond donors (Lipinski definition) is 4. The number of primary amides is 1. The van der Waals surface area contributed by atoms with Crippen LogP contribution in [0.3, 0.4) is 0 Å². The fourth-order valence-corrected chi connectivity index (χ4v) is 3.91. The predicted octanol–water partition coefficient (Wildman–Crippen LogP) is 2.76. The number of nitrogens with two attached hydrogens (primary N) is 1. The summed E-state index contributed by atoms with van der Waals surface area (Å²) in [6.45, 7) is 8.54. The van der Waals surface area contributed by atoms with E-state index in [1.807, 2.05) is 19.1 Å². The molecule has 0 aromatic heterocycles. The van der Waals surface area contributed by atoms with Gasteiger partial charge in [0.05, 0.1) is 6.42 Å². The first-order valence-electron chi connectivity index (χ1n) is 13.9. The summed E-state index contributed by atoms with van der Waals surface area (Å²) in [7, 11) is 0. The molecule has 0 heterocycles. The maximum atomic E-state index is 13.4. The highest BCUT2D eigenvalue weighted by molar-refractivity contribution is 5.95. The zero-order valence-corrected chi connectivity index (χ0v) is 24.8. The van der Waals surface area contributed by atoms with Crippen molar-refractivity contribution in [3.05, 3.63) is 71.8 Å². The van der Waals surface area contributed by atoms with Crippen LogP contribution in [0.15, 0.2) is 60.7 Å². The van der Waals surface area contributed by atoms with Crippen LogP contribution < -0.4 is 21.7 Å². The first kappa shape index (κ1) is 33.8. The number of alkyl carbamates (subject to hydrolysis) is 1. The van der Waals surface area contributed by atoms with Crippen molar-refractivity contribution < 1.29 is 33.4 Å². The molecule has 0 aliphatic rings. The molecule has 4 amide bonds. The van der Waals surface area contributed by atoms with E-state index in [1.54, 1.807) is 76.2 Å². The Balaban J connectivity index is 2.19. The summed E-state index contributed by atoms with van der Waals surface area (Å²) in [5, 5.41) is 7.70. The zero-order chi connectivity index (χ0) is 31.3. The van der Waals surface area contributed by atoms with Gasteiger partial charge >= 0.3 is 12.1 Å². The van der Waals surface area contributed by atoms with Crippen molar-refractivity contribution in [1.82, 2.24) is 16.0 Å². The van der Waals surface area contributed by atoms with E-state index in [1.165, 1.54) is 0 Å². The molecule has 4 atom stereocenters. The average Bonchev–Trinajstić information content (AvgIpc) is 2.93. The SMILES string of the molecule is CC[C@@H](C)[C@@H](NC(=O)[C@@H](CC(=O)OCc1ccccc1)NC(=O)OC(C)(C)C)C(=O)N[C@@H](Cc1ccccc1)C(N)=O. The minimum Gasteiger partial charge on any atom is -0.461 e. The zero-order valence-electron chi connectivity index (χ0n) is 24.8. The lowest BCUT2D eigenvalue weighted by Crippen LogP contribution is -2.59. The van der Waals surface area contributed by atoms with Gasteiger partial charge in [0, 0.05) is 6.42 Å². The van der Waals surface area contributed by atoms with E-state index in [0.717, 1.165) is 11.1 Å². The summed E-state index contributed by atoms with van der Waals surface area (Å²) in [4.78, 5) is 64.2. The summed E-state index contributed by atoms with van der Waals surface area (Å²) < 4.78 is 10.6. The maximum Gasteiger partial charge on any atom is 0.408 e. The van der Waals surface area contributed by atoms with Gasteiger partial charge in [0.25, 0.3) is 0 Å². The van der Waals surface area contributed by atoms with Crippen LogP contribution in [0.25, 0.3) is 0 Å². The van der Waals surface area contributed by atoms with Gasteiger partial charge in [-0.25, -0.2) is 4.79 Å². The second kappa shape index (κ2) is 16.1. The van der Waals surface area contributed by atoms with E-state index in [4.69, 9.17) is 15.2 Å². The summed E-state index contributed by atoms with van der Waals surface area (Å²) in [6.07, 6.45) is -0.759. The Labute approximate surface area is 246 Å². The molecule has 2 aromatic carbocycles. The Morgan fingerprint density at radius 3 is 1.90 bits per heavy atom. The van der Waals surface area contributed by atoms with Gasteiger partial charge in [0.2, 0.25) is 17.7 Å². The highest BCUT2D eigenvalue weighted by atomic mass is 16.6. The van der Waals surface area contributed by atoms with Gasteiger partial charge in [0.1, 0.15) is 30.3 Å². The van der Waals surface area contributed by atoms with E-state index < -0.39 is 59.9 Å². The molecule has 2 rings (SSSR count). The molecule has 0 fully saturated rings. The standard InChI is InChI=1S/C31H42N4O7/c1-6-20(2)26(29(39)33-23(27(32)37)17-21-13-9-7-10-14-21)35-28(38)24(34-30(40)42-31(3,4)5)18-25(36)41-19-22-15-11-8-12-16-22/h7-16,20,23-24,26H,6,17-19H2,1-5H3,(H2,32,37)(H,33,39)(H,34,40)(H,35,38)/t20-,23+,24-,26-/m1/s1. The summed E-state index contributed by atoms with van der Waals surface area (Å²) in [6, 6.07) is 14.5. The highest BCUT2D eigenvalue weighted by Crippen LogP contribution is 2.12. The molecule has 228 valence electrons. The summed E-state index contributed by atoms with van der Waals surface area (Å²) in [5.41, 5.74) is 6.25. The van der Waals surface area contributed by atoms with Crippen LogP contribution in [-0.2, 0) is 41.7 Å². The molecule has 42 heavy (non-hydrogen) atoms. The molecule has 0 unspecified atom stereocenters. The molecule has 11 nitrogen and oxygen atoms in total. The molecule has 0 radical (unpaired) electrons. The average molecular weight is 583 g/mol. The van der Waals surface area contributed by atoms with Crippen molar-refractivity contribution in [2.45, 2.75) is 84.2 Å². The first-order valence-corrected chi connectivity index (χ1v) is 13.9. The minimum atomic E-state index is -1.40. The third-order valence-electron chi connectivity index (χ3n) is 6.36. The van der Waals surface area contributed by atoms with Crippen LogP contribution in [0.2, 0.25) is 0 Å². The molecule has 0 spiro atoms. The number of carbonyl (C=O) groups is 5. The van der Waals surface area contributed by atoms with E-state index >= 15 is 0 Å². The normalized spacial score (nSPS) is 13.9. The number of hydrogen-bond acceptors (Lipinski definition) is 7. The van der Waals surface area contributed by atoms with Crippen LogP contribution in [-0.4, -0.2) is 53.5 Å². The lowest BCUT2D eigenvalue weighted by Gasteiger charge is -2.28. The number of carbonyl (C=O) groups excluding carboxylic acids is 5. The van der Waals surface area contributed by atoms with Crippen molar-refractivity contribution in [3.8, 4) is 0 Å². The topological polar surface area (TPSA) is 166 Å². The predicted molar refractivity (Wildman–Crippen MR) is 157 cm³/mol. The van der Waals surface area contributed by atoms with Gasteiger partial charge in [0.15, 0.2) is 0 Å². The molecule has 0 bridgehead atoms. The molecule has 2 aromatic rings. The molecule has 0 aliphatic heterocycles. The minimum absolute atomic E-state index is 0.0196. The van der Waals surface area contributed by atoms with Gasteiger partial charge in [-0.3, -0.25) is 19.2 Å². The molecule has 0 saturated heterocycles. The monoisotopic (exact) mass is 582 g/mol. The lowest BCUT2D eigenvalue weighted by atomic mass is 9.96. The van der Waals surface area contributed by atoms with Crippen molar-refractivity contribution in [1.29, 1.82) is 0 Å². The largest absolute Gasteiger partial charge is 0.461 e. The van der Waals surface area contributed by atoms with Crippen LogP contribution in [0.1, 0.15) is 58.6 Å². The Morgan fingerprint density at radius 2 is 1.38 bits per heavy atom. The van der Waals surface area contributed by atoms with Crippen molar-refractivity contribution >= 4 is 29.8 Å². The summed E-state index contributed by atoms with van der Waals surface area (Å²) >= 11 is 0. The number of amides is 4. The van der Waals surface area contributed by atoms with E-state index in [2.05, 4.69) is 16.0 Å². The van der Waals surface area contributed by atoms with Crippen LogP contribution in [0.5, 0.6) is 0 Å². The second-order valence-electron chi connectivity index (χ2n) is 11.1. The quantitative estimate of drug-likeness (QED) is 0.249. The van der Waals surface area contributed by atoms with Gasteiger partial charge in [-0.15, -0.1) is 0 Å². The van der Waals surface area contributed by atoms with Gasteiger partial charge in [-0.2, -0.15) is 0 Å². The maximum absolute atomic E-state index is 13.4. The molecule has 0 saturated carbocycles. The third kappa shape index (κ3) is 12.0. The number of rotatable bonds is 14. The second-order valence-corrected chi connectivity index (χ2v) is 11.1. The number of ether oxygens (including phenoxy) is 2. The Hall–Kier alpha value is -4.41. The van der Waals surface area contributed by atoms with E-state index in [-0.39, 0.29) is 18.9 Å². The van der Waals surface area contributed by atoms with Crippen LogP contribution in [0.4, 0.5) is 4.79 Å².